The van der Waals surface area contributed by atoms with Crippen LogP contribution in [-0.2, 0) is 4.79 Å². The van der Waals surface area contributed by atoms with Crippen LogP contribution in [0.2, 0.25) is 0 Å². The van der Waals surface area contributed by atoms with Gasteiger partial charge in [0.15, 0.2) is 16.6 Å². The molecule has 9 nitrogen and oxygen atoms in total. The molecule has 1 aliphatic carbocycles. The molecule has 0 atom stereocenters. The first-order valence-electron chi connectivity index (χ1n) is 12.3. The highest BCUT2D eigenvalue weighted by Crippen LogP contribution is 2.48. The fourth-order valence-electron chi connectivity index (χ4n) is 5.62. The number of hydrogen-bond donors (Lipinski definition) is 0. The number of fused-ring (bicyclic) bond motifs is 1. The van der Waals surface area contributed by atoms with Crippen molar-refractivity contribution in [3.8, 4) is 11.8 Å². The van der Waals surface area contributed by atoms with Crippen LogP contribution in [-0.4, -0.2) is 63.5 Å². The molecule has 10 heteroatoms. The Labute approximate surface area is 214 Å². The number of amides is 1. The summed E-state index contributed by atoms with van der Waals surface area (Å²) >= 11 is 5.91. The molecule has 1 aromatic carbocycles. The van der Waals surface area contributed by atoms with E-state index in [1.54, 1.807) is 6.07 Å². The molecule has 2 saturated heterocycles. The number of rotatable bonds is 4. The van der Waals surface area contributed by atoms with Crippen LogP contribution in [0, 0.1) is 11.3 Å². The number of anilines is 2. The van der Waals surface area contributed by atoms with Crippen molar-refractivity contribution in [2.45, 2.75) is 43.7 Å². The average molecular weight is 502 g/mol. The Balaban J connectivity index is 1.36. The Morgan fingerprint density at radius 2 is 1.97 bits per heavy atom. The van der Waals surface area contributed by atoms with Gasteiger partial charge in [0.1, 0.15) is 11.6 Å². The second kappa shape index (κ2) is 8.54. The maximum atomic E-state index is 13.8. The third kappa shape index (κ3) is 3.38. The van der Waals surface area contributed by atoms with Gasteiger partial charge in [-0.25, -0.2) is 4.98 Å². The number of hydrogen-bond acceptors (Lipinski definition) is 7. The number of carbonyl (C=O) groups excluding carboxylic acids is 1. The van der Waals surface area contributed by atoms with Gasteiger partial charge in [-0.05, 0) is 82.7 Å². The Bertz CT molecular complexity index is 1420. The van der Waals surface area contributed by atoms with Gasteiger partial charge in [0, 0.05) is 23.3 Å². The lowest BCUT2D eigenvalue weighted by Crippen LogP contribution is -2.55. The molecule has 0 unspecified atom stereocenters. The van der Waals surface area contributed by atoms with Crippen LogP contribution >= 0.6 is 12.2 Å². The molecular weight excluding hydrogens is 474 g/mol. The zero-order valence-electron chi connectivity index (χ0n) is 20.3. The lowest BCUT2D eigenvalue weighted by molar-refractivity contribution is -0.123. The number of aromatic nitrogens is 3. The Morgan fingerprint density at radius 1 is 1.19 bits per heavy atom. The summed E-state index contributed by atoms with van der Waals surface area (Å²) in [5.74, 6) is 0.254. The number of piperidine rings is 1. The predicted molar refractivity (Wildman–Crippen MR) is 140 cm³/mol. The number of benzene rings is 1. The normalized spacial score (nSPS) is 20.2. The quantitative estimate of drug-likeness (QED) is 0.501. The highest BCUT2D eigenvalue weighted by molar-refractivity contribution is 7.81. The lowest BCUT2D eigenvalue weighted by Gasteiger charge is -2.43. The van der Waals surface area contributed by atoms with Crippen LogP contribution < -0.4 is 14.5 Å². The van der Waals surface area contributed by atoms with Gasteiger partial charge in [0.2, 0.25) is 0 Å². The molecule has 4 heterocycles. The molecule has 2 aliphatic heterocycles. The number of nitriles is 1. The van der Waals surface area contributed by atoms with E-state index < -0.39 is 5.54 Å². The van der Waals surface area contributed by atoms with E-state index in [0.29, 0.717) is 22.6 Å². The number of carbonyl (C=O) groups is 1. The molecule has 2 aromatic heterocycles. The summed E-state index contributed by atoms with van der Waals surface area (Å²) in [5.41, 5.74) is 1.80. The number of thiocarbonyl (C=S) groups is 1. The molecular formula is C26H27N7O2S. The Hall–Kier alpha value is -3.55. The van der Waals surface area contributed by atoms with Crippen molar-refractivity contribution in [3.63, 3.8) is 0 Å². The van der Waals surface area contributed by atoms with E-state index in [1.165, 1.54) is 18.2 Å². The van der Waals surface area contributed by atoms with E-state index in [0.717, 1.165) is 61.8 Å². The predicted octanol–water partition coefficient (Wildman–Crippen LogP) is 3.64. The molecule has 3 fully saturated rings. The van der Waals surface area contributed by atoms with Crippen LogP contribution in [0.1, 0.15) is 43.8 Å². The van der Waals surface area contributed by atoms with Gasteiger partial charge in [-0.15, -0.1) is 0 Å². The van der Waals surface area contributed by atoms with E-state index in [-0.39, 0.29) is 11.6 Å². The van der Waals surface area contributed by atoms with E-state index in [1.807, 2.05) is 23.1 Å². The zero-order valence-corrected chi connectivity index (χ0v) is 21.2. The van der Waals surface area contributed by atoms with Gasteiger partial charge in [-0.2, -0.15) is 10.4 Å². The molecule has 3 aromatic rings. The Morgan fingerprint density at radius 3 is 2.64 bits per heavy atom. The van der Waals surface area contributed by atoms with Crippen molar-refractivity contribution in [2.75, 3.05) is 37.0 Å². The van der Waals surface area contributed by atoms with Gasteiger partial charge < -0.3 is 14.5 Å². The molecule has 1 spiro atoms. The van der Waals surface area contributed by atoms with E-state index in [2.05, 4.69) is 33.9 Å². The molecule has 0 radical (unpaired) electrons. The average Bonchev–Trinajstić information content (AvgIpc) is 3.39. The number of likely N-dealkylation sites (tertiary alicyclic amines) is 1. The van der Waals surface area contributed by atoms with E-state index in [4.69, 9.17) is 22.1 Å². The summed E-state index contributed by atoms with van der Waals surface area (Å²) in [4.78, 5) is 23.9. The summed E-state index contributed by atoms with van der Waals surface area (Å²) in [7, 11) is 3.64. The van der Waals surface area contributed by atoms with Crippen molar-refractivity contribution in [1.29, 1.82) is 5.26 Å². The molecule has 1 saturated carbocycles. The van der Waals surface area contributed by atoms with Crippen LogP contribution in [0.15, 0.2) is 36.7 Å². The SMILES string of the molecule is COc1cc(N2C(=O)C3(CCC3)N(c3ccc4nn(C5CCN(C)CC5)cc4c3)C2=S)cnc1C#N. The molecule has 6 rings (SSSR count). The minimum atomic E-state index is -0.699. The minimum absolute atomic E-state index is 0.0607. The van der Waals surface area contributed by atoms with E-state index in [9.17, 15) is 10.1 Å². The fourth-order valence-corrected chi connectivity index (χ4v) is 6.09. The van der Waals surface area contributed by atoms with Gasteiger partial charge in [0.25, 0.3) is 5.91 Å². The first-order valence-corrected chi connectivity index (χ1v) is 12.7. The topological polar surface area (TPSA) is 90.5 Å². The number of ether oxygens (including phenoxy) is 1. The maximum absolute atomic E-state index is 13.8. The molecule has 0 N–H and O–H groups in total. The van der Waals surface area contributed by atoms with Gasteiger partial charge in [-0.3, -0.25) is 14.4 Å². The first kappa shape index (κ1) is 22.9. The first-order chi connectivity index (χ1) is 17.4. The van der Waals surface area contributed by atoms with Gasteiger partial charge in [0.05, 0.1) is 30.6 Å². The van der Waals surface area contributed by atoms with Crippen molar-refractivity contribution < 1.29 is 9.53 Å². The number of nitrogens with zero attached hydrogens (tertiary/aromatic N) is 7. The van der Waals surface area contributed by atoms with Crippen LogP contribution in [0.4, 0.5) is 11.4 Å². The van der Waals surface area contributed by atoms with Gasteiger partial charge >= 0.3 is 0 Å². The minimum Gasteiger partial charge on any atom is -0.494 e. The second-order valence-corrected chi connectivity index (χ2v) is 10.3. The van der Waals surface area contributed by atoms with Crippen LogP contribution in [0.3, 0.4) is 0 Å². The highest BCUT2D eigenvalue weighted by atomic mass is 32.1. The Kier molecular flexibility index (Phi) is 5.43. The summed E-state index contributed by atoms with van der Waals surface area (Å²) in [6, 6.07) is 10.2. The van der Waals surface area contributed by atoms with Crippen molar-refractivity contribution in [2.24, 2.45) is 0 Å². The zero-order chi connectivity index (χ0) is 25.0. The summed E-state index contributed by atoms with van der Waals surface area (Å²) in [6.07, 6.45) is 8.23. The fraction of sp³-hybridized carbons (Fsp3) is 0.423. The largest absolute Gasteiger partial charge is 0.494 e. The van der Waals surface area contributed by atoms with Crippen molar-refractivity contribution >= 4 is 45.5 Å². The van der Waals surface area contributed by atoms with Crippen LogP contribution in [0.5, 0.6) is 5.75 Å². The molecule has 0 bridgehead atoms. The standard InChI is InChI=1S/C26H27N7O2S/c1-30-10-6-18(7-11-30)31-16-17-12-19(4-5-21(17)29-31)33-25(36)32(24(34)26(33)8-3-9-26)20-13-23(35-2)22(14-27)28-15-20/h4-5,12-13,15-16,18H,3,6-11H2,1-2H3. The van der Waals surface area contributed by atoms with E-state index >= 15 is 0 Å². The molecule has 184 valence electrons. The molecule has 36 heavy (non-hydrogen) atoms. The summed E-state index contributed by atoms with van der Waals surface area (Å²) in [6.45, 7) is 2.15. The monoisotopic (exact) mass is 501 g/mol. The van der Waals surface area contributed by atoms with Crippen molar-refractivity contribution in [1.82, 2.24) is 19.7 Å². The molecule has 1 amide bonds. The third-order valence-corrected chi connectivity index (χ3v) is 8.21. The smallest absolute Gasteiger partial charge is 0.259 e. The number of pyridine rings is 1. The van der Waals surface area contributed by atoms with Crippen molar-refractivity contribution in [3.05, 3.63) is 42.4 Å². The van der Waals surface area contributed by atoms with Gasteiger partial charge in [-0.1, -0.05) is 0 Å². The third-order valence-electron chi connectivity index (χ3n) is 7.84. The molecule has 3 aliphatic rings. The highest BCUT2D eigenvalue weighted by Gasteiger charge is 2.59. The second-order valence-electron chi connectivity index (χ2n) is 9.89. The maximum Gasteiger partial charge on any atom is 0.259 e. The lowest BCUT2D eigenvalue weighted by atomic mass is 9.75. The summed E-state index contributed by atoms with van der Waals surface area (Å²) in [5, 5.41) is 15.6. The van der Waals surface area contributed by atoms with Crippen LogP contribution in [0.25, 0.3) is 10.9 Å². The summed E-state index contributed by atoms with van der Waals surface area (Å²) < 4.78 is 7.43. The number of methoxy groups -OCH3 is 1.